The molecule has 4 nitrogen and oxygen atoms in total. The van der Waals surface area contributed by atoms with Crippen LogP contribution in [0.4, 0.5) is 24.0 Å². The van der Waals surface area contributed by atoms with Gasteiger partial charge in [-0.05, 0) is 49.2 Å². The lowest BCUT2D eigenvalue weighted by molar-refractivity contribution is -0.137. The van der Waals surface area contributed by atoms with E-state index in [0.717, 1.165) is 41.6 Å². The molecule has 0 atom stereocenters. The summed E-state index contributed by atoms with van der Waals surface area (Å²) in [5, 5.41) is 5.72. The van der Waals surface area contributed by atoms with Gasteiger partial charge in [0.2, 0.25) is 0 Å². The Hall–Kier alpha value is -2.87. The Kier molecular flexibility index (Phi) is 5.27. The van der Waals surface area contributed by atoms with Gasteiger partial charge in [0.05, 0.1) is 11.3 Å². The number of thiazole rings is 1. The molecule has 4 rings (SSSR count). The lowest BCUT2D eigenvalue weighted by atomic mass is 10.1. The van der Waals surface area contributed by atoms with Crippen molar-refractivity contribution in [3.63, 3.8) is 0 Å². The third-order valence-electron chi connectivity index (χ3n) is 4.76. The molecule has 2 heterocycles. The Bertz CT molecular complexity index is 1010. The Morgan fingerprint density at radius 1 is 1.07 bits per heavy atom. The van der Waals surface area contributed by atoms with Gasteiger partial charge < -0.3 is 10.2 Å². The van der Waals surface area contributed by atoms with Crippen molar-refractivity contribution in [1.29, 1.82) is 0 Å². The van der Waals surface area contributed by atoms with E-state index in [9.17, 15) is 18.0 Å². The van der Waals surface area contributed by atoms with E-state index in [-0.39, 0.29) is 5.56 Å². The van der Waals surface area contributed by atoms with Crippen LogP contribution >= 0.6 is 11.3 Å². The Labute approximate surface area is 170 Å². The number of amides is 1. The lowest BCUT2D eigenvalue weighted by Crippen LogP contribution is -2.17. The molecule has 1 N–H and O–H groups in total. The first-order valence-electron chi connectivity index (χ1n) is 9.20. The molecule has 0 radical (unpaired) electrons. The Balaban J connectivity index is 1.48. The number of hydrogen-bond donors (Lipinski definition) is 1. The summed E-state index contributed by atoms with van der Waals surface area (Å²) in [4.78, 5) is 19.4. The number of nitrogens with zero attached hydrogens (tertiary/aromatic N) is 2. The number of carbonyl (C=O) groups is 1. The predicted molar refractivity (Wildman–Crippen MR) is 108 cm³/mol. The van der Waals surface area contributed by atoms with Crippen molar-refractivity contribution in [1.82, 2.24) is 4.98 Å². The standard InChI is InChI=1S/C21H18F3N3OS/c22-21(23,24)16-8-6-14(7-9-16)19(28)25-17-5-3-4-15(12-17)18-13-29-20(26-18)27-10-1-2-11-27/h3-9,12-13H,1-2,10-11H2,(H,25,28). The molecule has 0 unspecified atom stereocenters. The highest BCUT2D eigenvalue weighted by molar-refractivity contribution is 7.14. The highest BCUT2D eigenvalue weighted by Crippen LogP contribution is 2.31. The van der Waals surface area contributed by atoms with Crippen LogP contribution in [0.3, 0.4) is 0 Å². The van der Waals surface area contributed by atoms with Gasteiger partial charge >= 0.3 is 6.18 Å². The van der Waals surface area contributed by atoms with Crippen LogP contribution in [0, 0.1) is 0 Å². The number of halogens is 3. The van der Waals surface area contributed by atoms with Gasteiger partial charge in [-0.1, -0.05) is 12.1 Å². The maximum absolute atomic E-state index is 12.7. The van der Waals surface area contributed by atoms with Crippen LogP contribution in [0.5, 0.6) is 0 Å². The van der Waals surface area contributed by atoms with Crippen LogP contribution < -0.4 is 10.2 Å². The van der Waals surface area contributed by atoms with E-state index in [0.29, 0.717) is 5.69 Å². The molecule has 1 amide bonds. The van der Waals surface area contributed by atoms with Crippen molar-refractivity contribution in [2.75, 3.05) is 23.3 Å². The van der Waals surface area contributed by atoms with E-state index in [1.54, 1.807) is 17.4 Å². The predicted octanol–water partition coefficient (Wildman–Crippen LogP) is 5.68. The average Bonchev–Trinajstić information content (AvgIpc) is 3.39. The minimum absolute atomic E-state index is 0.161. The summed E-state index contributed by atoms with van der Waals surface area (Å²) in [7, 11) is 0. The highest BCUT2D eigenvalue weighted by atomic mass is 32.1. The average molecular weight is 417 g/mol. The summed E-state index contributed by atoms with van der Waals surface area (Å²) >= 11 is 1.60. The third-order valence-corrected chi connectivity index (χ3v) is 5.66. The third kappa shape index (κ3) is 4.42. The molecule has 150 valence electrons. The van der Waals surface area contributed by atoms with Crippen LogP contribution in [-0.2, 0) is 6.18 Å². The number of anilines is 2. The van der Waals surface area contributed by atoms with Crippen LogP contribution in [-0.4, -0.2) is 24.0 Å². The zero-order chi connectivity index (χ0) is 20.4. The van der Waals surface area contributed by atoms with Crippen molar-refractivity contribution < 1.29 is 18.0 Å². The minimum atomic E-state index is -4.43. The highest BCUT2D eigenvalue weighted by Gasteiger charge is 2.30. The van der Waals surface area contributed by atoms with E-state index < -0.39 is 17.6 Å². The number of benzene rings is 2. The fourth-order valence-electron chi connectivity index (χ4n) is 3.22. The first-order valence-corrected chi connectivity index (χ1v) is 10.1. The molecule has 1 saturated heterocycles. The second-order valence-electron chi connectivity index (χ2n) is 6.82. The molecule has 0 aliphatic carbocycles. The lowest BCUT2D eigenvalue weighted by Gasteiger charge is -2.12. The molecule has 29 heavy (non-hydrogen) atoms. The first kappa shape index (κ1) is 19.4. The molecular formula is C21H18F3N3OS. The van der Waals surface area contributed by atoms with Crippen molar-refractivity contribution >= 4 is 28.1 Å². The van der Waals surface area contributed by atoms with Crippen LogP contribution in [0.15, 0.2) is 53.9 Å². The normalized spacial score (nSPS) is 14.2. The minimum Gasteiger partial charge on any atom is -0.348 e. The van der Waals surface area contributed by atoms with Crippen LogP contribution in [0.2, 0.25) is 0 Å². The summed E-state index contributed by atoms with van der Waals surface area (Å²) < 4.78 is 38.0. The van der Waals surface area contributed by atoms with Crippen molar-refractivity contribution in [3.8, 4) is 11.3 Å². The molecule has 1 aliphatic rings. The number of hydrogen-bond acceptors (Lipinski definition) is 4. The molecule has 8 heteroatoms. The van der Waals surface area contributed by atoms with Crippen LogP contribution in [0.1, 0.15) is 28.8 Å². The molecule has 0 bridgehead atoms. The van der Waals surface area contributed by atoms with Gasteiger partial charge in [-0.25, -0.2) is 4.98 Å². The number of aromatic nitrogens is 1. The molecule has 1 aromatic heterocycles. The van der Waals surface area contributed by atoms with Gasteiger partial charge in [0.25, 0.3) is 5.91 Å². The summed E-state index contributed by atoms with van der Waals surface area (Å²) in [6.45, 7) is 2.05. The number of carbonyl (C=O) groups excluding carboxylic acids is 1. The molecule has 3 aromatic rings. The molecule has 0 saturated carbocycles. The van der Waals surface area contributed by atoms with E-state index in [2.05, 4.69) is 10.2 Å². The number of rotatable bonds is 4. The Morgan fingerprint density at radius 2 is 1.79 bits per heavy atom. The van der Waals surface area contributed by atoms with Gasteiger partial charge in [-0.15, -0.1) is 11.3 Å². The van der Waals surface area contributed by atoms with Crippen molar-refractivity contribution in [2.24, 2.45) is 0 Å². The van der Waals surface area contributed by atoms with E-state index in [1.807, 2.05) is 23.6 Å². The number of alkyl halides is 3. The molecule has 1 fully saturated rings. The van der Waals surface area contributed by atoms with Crippen molar-refractivity contribution in [3.05, 3.63) is 65.0 Å². The Morgan fingerprint density at radius 3 is 2.48 bits per heavy atom. The SMILES string of the molecule is O=C(Nc1cccc(-c2csc(N3CCCC3)n2)c1)c1ccc(C(F)(F)F)cc1. The summed E-state index contributed by atoms with van der Waals surface area (Å²) in [5.74, 6) is -0.466. The summed E-state index contributed by atoms with van der Waals surface area (Å²) in [6, 6.07) is 11.4. The first-order chi connectivity index (χ1) is 13.9. The topological polar surface area (TPSA) is 45.2 Å². The smallest absolute Gasteiger partial charge is 0.348 e. The van der Waals surface area contributed by atoms with E-state index >= 15 is 0 Å². The fourth-order valence-corrected chi connectivity index (χ4v) is 4.11. The zero-order valence-electron chi connectivity index (χ0n) is 15.4. The number of nitrogens with one attached hydrogen (secondary N) is 1. The molecule has 1 aliphatic heterocycles. The van der Waals surface area contributed by atoms with Gasteiger partial charge in [-0.3, -0.25) is 4.79 Å². The second-order valence-corrected chi connectivity index (χ2v) is 7.66. The molecule has 2 aromatic carbocycles. The quantitative estimate of drug-likeness (QED) is 0.594. The fraction of sp³-hybridized carbons (Fsp3) is 0.238. The molecule has 0 spiro atoms. The van der Waals surface area contributed by atoms with Gasteiger partial charge in [0, 0.05) is 35.3 Å². The second kappa shape index (κ2) is 7.87. The van der Waals surface area contributed by atoms with Gasteiger partial charge in [-0.2, -0.15) is 13.2 Å². The van der Waals surface area contributed by atoms with Crippen molar-refractivity contribution in [2.45, 2.75) is 19.0 Å². The maximum atomic E-state index is 12.7. The van der Waals surface area contributed by atoms with Gasteiger partial charge in [0.15, 0.2) is 5.13 Å². The maximum Gasteiger partial charge on any atom is 0.416 e. The summed E-state index contributed by atoms with van der Waals surface area (Å²) in [5.41, 5.74) is 1.64. The monoisotopic (exact) mass is 417 g/mol. The zero-order valence-corrected chi connectivity index (χ0v) is 16.2. The molecular weight excluding hydrogens is 399 g/mol. The van der Waals surface area contributed by atoms with Gasteiger partial charge in [0.1, 0.15) is 0 Å². The summed E-state index contributed by atoms with van der Waals surface area (Å²) in [6.07, 6.45) is -2.06. The largest absolute Gasteiger partial charge is 0.416 e. The van der Waals surface area contributed by atoms with E-state index in [1.165, 1.54) is 25.0 Å². The van der Waals surface area contributed by atoms with E-state index in [4.69, 9.17) is 4.98 Å². The van der Waals surface area contributed by atoms with Crippen LogP contribution in [0.25, 0.3) is 11.3 Å².